The van der Waals surface area contributed by atoms with E-state index in [2.05, 4.69) is 20.6 Å². The van der Waals surface area contributed by atoms with Crippen LogP contribution in [0.5, 0.6) is 0 Å². The summed E-state index contributed by atoms with van der Waals surface area (Å²) in [6, 6.07) is 12.7. The fraction of sp³-hybridized carbons (Fsp3) is 0.217. The number of carbonyl (C=O) groups is 2. The highest BCUT2D eigenvalue weighted by Crippen LogP contribution is 2.33. The first-order valence-electron chi connectivity index (χ1n) is 10.8. The van der Waals surface area contributed by atoms with E-state index in [1.165, 1.54) is 16.4 Å². The van der Waals surface area contributed by atoms with Crippen molar-refractivity contribution in [3.63, 3.8) is 0 Å². The minimum atomic E-state index is -3.84. The average Bonchev–Trinajstić information content (AvgIpc) is 3.27. The lowest BCUT2D eigenvalue weighted by Crippen LogP contribution is -2.43. The summed E-state index contributed by atoms with van der Waals surface area (Å²) in [6.07, 6.45) is 2.79. The number of para-hydroxylation sites is 1. The maximum absolute atomic E-state index is 13.0. The lowest BCUT2D eigenvalue weighted by Gasteiger charge is -2.21. The third-order valence-corrected chi connectivity index (χ3v) is 7.84. The summed E-state index contributed by atoms with van der Waals surface area (Å²) in [5.41, 5.74) is 8.80. The predicted octanol–water partition coefficient (Wildman–Crippen LogP) is 2.02. The van der Waals surface area contributed by atoms with Crippen LogP contribution in [0.1, 0.15) is 18.4 Å². The summed E-state index contributed by atoms with van der Waals surface area (Å²) in [4.78, 5) is 32.8. The zero-order chi connectivity index (χ0) is 23.9. The van der Waals surface area contributed by atoms with Gasteiger partial charge in [-0.1, -0.05) is 18.2 Å². The molecule has 0 unspecified atom stereocenters. The molecule has 3 heterocycles. The molecule has 0 bridgehead atoms. The third-order valence-electron chi connectivity index (χ3n) is 5.92. The Balaban J connectivity index is 1.40. The van der Waals surface area contributed by atoms with Crippen molar-refractivity contribution in [2.45, 2.75) is 30.2 Å². The van der Waals surface area contributed by atoms with Crippen molar-refractivity contribution in [1.29, 1.82) is 0 Å². The van der Waals surface area contributed by atoms with E-state index in [9.17, 15) is 18.0 Å². The smallest absolute Gasteiger partial charge is 0.243 e. The molecule has 5 rings (SSSR count). The second kappa shape index (κ2) is 8.50. The van der Waals surface area contributed by atoms with Crippen LogP contribution in [0.15, 0.2) is 59.6 Å². The molecule has 2 aliphatic heterocycles. The number of hydrogen-bond donors (Lipinski definition) is 3. The molecule has 2 amide bonds. The SMILES string of the molecule is NC(=O)[C@@H]1CCCN1S(=O)(=O)c1ccc(Nc2ncc3c(n2)-c2ccccc2NC(=O)C3)cc1. The molecule has 1 saturated heterocycles. The van der Waals surface area contributed by atoms with Crippen molar-refractivity contribution in [1.82, 2.24) is 14.3 Å². The van der Waals surface area contributed by atoms with E-state index in [0.29, 0.717) is 41.4 Å². The highest BCUT2D eigenvalue weighted by atomic mass is 32.2. The first kappa shape index (κ1) is 22.0. The van der Waals surface area contributed by atoms with Gasteiger partial charge in [0.15, 0.2) is 0 Å². The Hall–Kier alpha value is -3.83. The van der Waals surface area contributed by atoms with E-state index in [1.54, 1.807) is 18.3 Å². The molecule has 11 heteroatoms. The van der Waals surface area contributed by atoms with Crippen LogP contribution in [0.4, 0.5) is 17.3 Å². The van der Waals surface area contributed by atoms with Crippen LogP contribution in [0, 0.1) is 0 Å². The van der Waals surface area contributed by atoms with Crippen LogP contribution in [-0.2, 0) is 26.0 Å². The number of anilines is 3. The van der Waals surface area contributed by atoms with Gasteiger partial charge in [0.05, 0.1) is 22.7 Å². The van der Waals surface area contributed by atoms with E-state index in [0.717, 1.165) is 5.56 Å². The number of fused-ring (bicyclic) bond motifs is 3. The van der Waals surface area contributed by atoms with E-state index in [4.69, 9.17) is 5.73 Å². The number of aromatic nitrogens is 2. The number of rotatable bonds is 5. The van der Waals surface area contributed by atoms with Gasteiger partial charge in [-0.05, 0) is 43.2 Å². The number of benzene rings is 2. The summed E-state index contributed by atoms with van der Waals surface area (Å²) in [7, 11) is -3.84. The summed E-state index contributed by atoms with van der Waals surface area (Å²) < 4.78 is 27.2. The monoisotopic (exact) mass is 478 g/mol. The number of nitrogens with two attached hydrogens (primary N) is 1. The third kappa shape index (κ3) is 3.99. The Kier molecular flexibility index (Phi) is 5.50. The van der Waals surface area contributed by atoms with Gasteiger partial charge in [0.2, 0.25) is 27.8 Å². The van der Waals surface area contributed by atoms with Gasteiger partial charge >= 0.3 is 0 Å². The van der Waals surface area contributed by atoms with Gasteiger partial charge < -0.3 is 16.4 Å². The number of amides is 2. The van der Waals surface area contributed by atoms with E-state index in [1.807, 2.05) is 24.3 Å². The largest absolute Gasteiger partial charge is 0.368 e. The molecule has 0 spiro atoms. The molecular weight excluding hydrogens is 456 g/mol. The van der Waals surface area contributed by atoms with Crippen LogP contribution in [0.2, 0.25) is 0 Å². The zero-order valence-electron chi connectivity index (χ0n) is 18.1. The molecule has 34 heavy (non-hydrogen) atoms. The van der Waals surface area contributed by atoms with Crippen molar-refractivity contribution in [3.8, 4) is 11.3 Å². The van der Waals surface area contributed by atoms with Crippen molar-refractivity contribution in [2.24, 2.45) is 5.73 Å². The number of hydrogen-bond acceptors (Lipinski definition) is 7. The highest BCUT2D eigenvalue weighted by Gasteiger charge is 2.38. The minimum Gasteiger partial charge on any atom is -0.368 e. The fourth-order valence-electron chi connectivity index (χ4n) is 4.28. The van der Waals surface area contributed by atoms with Gasteiger partial charge in [0.25, 0.3) is 0 Å². The summed E-state index contributed by atoms with van der Waals surface area (Å²) in [5, 5.41) is 5.96. The molecule has 1 atom stereocenters. The topological polar surface area (TPSA) is 147 Å². The van der Waals surface area contributed by atoms with Crippen LogP contribution in [0.25, 0.3) is 11.3 Å². The molecule has 2 aromatic carbocycles. The molecule has 0 radical (unpaired) electrons. The molecule has 3 aromatic rings. The molecule has 4 N–H and O–H groups in total. The van der Waals surface area contributed by atoms with E-state index < -0.39 is 22.0 Å². The Morgan fingerprint density at radius 2 is 1.91 bits per heavy atom. The van der Waals surface area contributed by atoms with E-state index in [-0.39, 0.29) is 23.8 Å². The maximum Gasteiger partial charge on any atom is 0.243 e. The van der Waals surface area contributed by atoms with Gasteiger partial charge in [-0.25, -0.2) is 18.4 Å². The molecule has 1 aromatic heterocycles. The number of nitrogens with one attached hydrogen (secondary N) is 2. The predicted molar refractivity (Wildman–Crippen MR) is 126 cm³/mol. The Labute approximate surface area is 196 Å². The van der Waals surface area contributed by atoms with Gasteiger partial charge in [-0.3, -0.25) is 9.59 Å². The van der Waals surface area contributed by atoms with Gasteiger partial charge in [-0.15, -0.1) is 0 Å². The second-order valence-electron chi connectivity index (χ2n) is 8.16. The molecule has 1 fully saturated rings. The summed E-state index contributed by atoms with van der Waals surface area (Å²) in [6.45, 7) is 0.262. The maximum atomic E-state index is 13.0. The molecule has 10 nitrogen and oxygen atoms in total. The van der Waals surface area contributed by atoms with Crippen LogP contribution >= 0.6 is 0 Å². The lowest BCUT2D eigenvalue weighted by molar-refractivity contribution is -0.121. The van der Waals surface area contributed by atoms with E-state index >= 15 is 0 Å². The van der Waals surface area contributed by atoms with Crippen molar-refractivity contribution < 1.29 is 18.0 Å². The summed E-state index contributed by atoms with van der Waals surface area (Å²) in [5.74, 6) is -0.464. The molecule has 0 aliphatic carbocycles. The van der Waals surface area contributed by atoms with Gasteiger partial charge in [-0.2, -0.15) is 4.31 Å². The van der Waals surface area contributed by atoms with Crippen molar-refractivity contribution >= 4 is 39.2 Å². The molecule has 174 valence electrons. The minimum absolute atomic E-state index is 0.0764. The summed E-state index contributed by atoms with van der Waals surface area (Å²) >= 11 is 0. The Morgan fingerprint density at radius 1 is 1.15 bits per heavy atom. The molecule has 0 saturated carbocycles. The molecular formula is C23H22N6O4S. The standard InChI is InChI=1S/C23H22N6O4S/c24-22(31)19-6-3-11-29(19)34(32,33)16-9-7-15(8-10-16)26-23-25-13-14-12-20(30)27-18-5-2-1-4-17(18)21(14)28-23/h1-2,4-5,7-10,13,19H,3,6,11-12H2,(H2,24,31)(H,27,30)(H,25,26,28)/t19-/m0/s1. The highest BCUT2D eigenvalue weighted by molar-refractivity contribution is 7.89. The lowest BCUT2D eigenvalue weighted by atomic mass is 10.1. The average molecular weight is 479 g/mol. The Morgan fingerprint density at radius 3 is 2.68 bits per heavy atom. The quantitative estimate of drug-likeness (QED) is 0.508. The van der Waals surface area contributed by atoms with Gasteiger partial charge in [0, 0.05) is 29.6 Å². The fourth-order valence-corrected chi connectivity index (χ4v) is 5.95. The number of primary amides is 1. The first-order chi connectivity index (χ1) is 16.3. The van der Waals surface area contributed by atoms with Crippen molar-refractivity contribution in [2.75, 3.05) is 17.2 Å². The Bertz CT molecular complexity index is 1390. The van der Waals surface area contributed by atoms with Crippen LogP contribution in [0.3, 0.4) is 0 Å². The second-order valence-corrected chi connectivity index (χ2v) is 10.1. The number of sulfonamides is 1. The molecule has 2 aliphatic rings. The van der Waals surface area contributed by atoms with Crippen LogP contribution in [-0.4, -0.2) is 47.1 Å². The number of nitrogens with zero attached hydrogens (tertiary/aromatic N) is 3. The zero-order valence-corrected chi connectivity index (χ0v) is 18.9. The van der Waals surface area contributed by atoms with Crippen LogP contribution < -0.4 is 16.4 Å². The van der Waals surface area contributed by atoms with Gasteiger partial charge in [0.1, 0.15) is 6.04 Å². The van der Waals surface area contributed by atoms with Crippen molar-refractivity contribution in [3.05, 3.63) is 60.3 Å². The first-order valence-corrected chi connectivity index (χ1v) is 12.2. The normalized spacial score (nSPS) is 17.9. The number of carbonyl (C=O) groups excluding carboxylic acids is 2.